The highest BCUT2D eigenvalue weighted by atomic mass is 35.5. The first-order valence-corrected chi connectivity index (χ1v) is 5.43. The van der Waals surface area contributed by atoms with Gasteiger partial charge in [-0.3, -0.25) is 0 Å². The van der Waals surface area contributed by atoms with Gasteiger partial charge in [-0.05, 0) is 12.3 Å². The summed E-state index contributed by atoms with van der Waals surface area (Å²) in [4.78, 5) is 4.23. The monoisotopic (exact) mass is 220 g/mol. The smallest absolute Gasteiger partial charge is 0.108 e. The van der Waals surface area contributed by atoms with Gasteiger partial charge >= 0.3 is 0 Å². The number of nitrogens with zero attached hydrogens (tertiary/aromatic N) is 2. The summed E-state index contributed by atoms with van der Waals surface area (Å²) in [7, 11) is 2.00. The largest absolute Gasteiger partial charge is 0.338 e. The third-order valence-corrected chi connectivity index (χ3v) is 3.01. The van der Waals surface area contributed by atoms with Crippen LogP contribution < -0.4 is 0 Å². The minimum atomic E-state index is 0.403. The Morgan fingerprint density at radius 1 is 1.46 bits per heavy atom. The van der Waals surface area contributed by atoms with Gasteiger partial charge in [-0.15, -0.1) is 23.2 Å². The van der Waals surface area contributed by atoms with E-state index in [4.69, 9.17) is 23.2 Å². The fourth-order valence-electron chi connectivity index (χ4n) is 1.17. The van der Waals surface area contributed by atoms with Crippen molar-refractivity contribution >= 4 is 23.2 Å². The topological polar surface area (TPSA) is 17.8 Å². The molecule has 1 aromatic heterocycles. The molecule has 0 saturated carbocycles. The molecule has 1 heterocycles. The fourth-order valence-corrected chi connectivity index (χ4v) is 1.80. The molecule has 0 N–H and O–H groups in total. The lowest BCUT2D eigenvalue weighted by Crippen LogP contribution is -2.07. The van der Waals surface area contributed by atoms with Crippen molar-refractivity contribution in [3.8, 4) is 0 Å². The molecule has 0 atom stereocenters. The van der Waals surface area contributed by atoms with Crippen LogP contribution in [0.15, 0.2) is 12.4 Å². The van der Waals surface area contributed by atoms with Crippen LogP contribution in [0.2, 0.25) is 0 Å². The average Bonchev–Trinajstić information content (AvgIpc) is 2.54. The number of halogens is 2. The number of alkyl halides is 2. The molecule has 0 saturated heterocycles. The summed E-state index contributed by atoms with van der Waals surface area (Å²) in [5.41, 5.74) is 0. The second-order valence-corrected chi connectivity index (χ2v) is 3.78. The van der Waals surface area contributed by atoms with Crippen molar-refractivity contribution in [2.75, 3.05) is 11.8 Å². The van der Waals surface area contributed by atoms with Crippen LogP contribution in [0.3, 0.4) is 0 Å². The van der Waals surface area contributed by atoms with Gasteiger partial charge in [-0.1, -0.05) is 0 Å². The minimum absolute atomic E-state index is 0.403. The quantitative estimate of drug-likeness (QED) is 0.698. The maximum atomic E-state index is 5.74. The van der Waals surface area contributed by atoms with E-state index < -0.39 is 0 Å². The molecule has 0 spiro atoms. The van der Waals surface area contributed by atoms with Crippen LogP contribution in [-0.2, 0) is 13.5 Å². The van der Waals surface area contributed by atoms with Gasteiger partial charge in [0.05, 0.1) is 0 Å². The van der Waals surface area contributed by atoms with E-state index in [9.17, 15) is 0 Å². The first-order valence-electron chi connectivity index (χ1n) is 4.36. The van der Waals surface area contributed by atoms with Crippen molar-refractivity contribution in [3.63, 3.8) is 0 Å². The molecule has 0 bridgehead atoms. The normalized spacial score (nSPS) is 11.1. The van der Waals surface area contributed by atoms with Gasteiger partial charge in [-0.2, -0.15) is 0 Å². The van der Waals surface area contributed by atoms with Crippen LogP contribution in [0.4, 0.5) is 0 Å². The molecule has 0 aliphatic rings. The van der Waals surface area contributed by atoms with Crippen LogP contribution >= 0.6 is 23.2 Å². The van der Waals surface area contributed by atoms with E-state index >= 15 is 0 Å². The summed E-state index contributed by atoms with van der Waals surface area (Å²) in [6.45, 7) is 0. The fraction of sp³-hybridized carbons (Fsp3) is 0.667. The summed E-state index contributed by atoms with van der Waals surface area (Å²) in [6, 6.07) is 0. The maximum Gasteiger partial charge on any atom is 0.108 e. The lowest BCUT2D eigenvalue weighted by molar-refractivity contribution is 0.577. The minimum Gasteiger partial charge on any atom is -0.338 e. The van der Waals surface area contributed by atoms with Crippen LogP contribution in [0.25, 0.3) is 0 Å². The number of aromatic nitrogens is 2. The third kappa shape index (κ3) is 3.20. The van der Waals surface area contributed by atoms with Crippen molar-refractivity contribution in [2.24, 2.45) is 13.0 Å². The molecule has 1 rings (SSSR count). The summed E-state index contributed by atoms with van der Waals surface area (Å²) in [5.74, 6) is 2.77. The lowest BCUT2D eigenvalue weighted by Gasteiger charge is -2.08. The number of hydrogen-bond donors (Lipinski definition) is 0. The SMILES string of the molecule is Cn1ccnc1CCC(CCl)CCl. The highest BCUT2D eigenvalue weighted by Gasteiger charge is 2.07. The highest BCUT2D eigenvalue weighted by Crippen LogP contribution is 2.11. The lowest BCUT2D eigenvalue weighted by atomic mass is 10.1. The molecule has 0 aliphatic heterocycles. The number of imidazole rings is 1. The van der Waals surface area contributed by atoms with Crippen LogP contribution in [0.5, 0.6) is 0 Å². The second kappa shape index (κ2) is 5.51. The molecule has 4 heteroatoms. The van der Waals surface area contributed by atoms with Gasteiger partial charge < -0.3 is 4.57 Å². The Morgan fingerprint density at radius 3 is 2.62 bits per heavy atom. The van der Waals surface area contributed by atoms with Crippen molar-refractivity contribution < 1.29 is 0 Å². The predicted molar refractivity (Wildman–Crippen MR) is 56.5 cm³/mol. The number of aryl methyl sites for hydroxylation is 2. The van der Waals surface area contributed by atoms with Crippen molar-refractivity contribution in [2.45, 2.75) is 12.8 Å². The number of hydrogen-bond acceptors (Lipinski definition) is 1. The van der Waals surface area contributed by atoms with Gasteiger partial charge in [0.15, 0.2) is 0 Å². The Hall–Kier alpha value is -0.210. The first kappa shape index (κ1) is 10.9. The van der Waals surface area contributed by atoms with Crippen molar-refractivity contribution in [1.82, 2.24) is 9.55 Å². The zero-order valence-electron chi connectivity index (χ0n) is 7.71. The average molecular weight is 221 g/mol. The molecular formula is C9H14Cl2N2. The predicted octanol–water partition coefficient (Wildman–Crippen LogP) is 2.45. The third-order valence-electron chi connectivity index (χ3n) is 2.13. The highest BCUT2D eigenvalue weighted by molar-refractivity contribution is 6.20. The first-order chi connectivity index (χ1) is 6.27. The molecule has 0 aromatic carbocycles. The Balaban J connectivity index is 2.38. The zero-order chi connectivity index (χ0) is 9.68. The van der Waals surface area contributed by atoms with E-state index in [1.54, 1.807) is 0 Å². The van der Waals surface area contributed by atoms with Gasteiger partial charge in [0.2, 0.25) is 0 Å². The van der Waals surface area contributed by atoms with E-state index in [1.807, 2.05) is 24.0 Å². The Labute approximate surface area is 88.9 Å². The van der Waals surface area contributed by atoms with E-state index in [2.05, 4.69) is 4.98 Å². The molecule has 1 aromatic rings. The molecule has 74 valence electrons. The molecular weight excluding hydrogens is 207 g/mol. The molecule has 0 aliphatic carbocycles. The van der Waals surface area contributed by atoms with Gasteiger partial charge in [0.1, 0.15) is 5.82 Å². The molecule has 13 heavy (non-hydrogen) atoms. The Bertz CT molecular complexity index is 244. The Kier molecular flexibility index (Phi) is 4.60. The van der Waals surface area contributed by atoms with Crippen molar-refractivity contribution in [1.29, 1.82) is 0 Å². The molecule has 0 unspecified atom stereocenters. The van der Waals surface area contributed by atoms with Gasteiger partial charge in [0.25, 0.3) is 0 Å². The standard InChI is InChI=1S/C9H14Cl2N2/c1-13-5-4-12-9(13)3-2-8(6-10)7-11/h4-5,8H,2-3,6-7H2,1H3. The maximum absolute atomic E-state index is 5.74. The number of rotatable bonds is 5. The van der Waals surface area contributed by atoms with E-state index in [-0.39, 0.29) is 0 Å². The van der Waals surface area contributed by atoms with Gasteiger partial charge in [-0.25, -0.2) is 4.98 Å². The van der Waals surface area contributed by atoms with E-state index in [0.29, 0.717) is 17.7 Å². The second-order valence-electron chi connectivity index (χ2n) is 3.17. The molecule has 0 amide bonds. The van der Waals surface area contributed by atoms with Gasteiger partial charge in [0, 0.05) is 37.6 Å². The molecule has 2 nitrogen and oxygen atoms in total. The van der Waals surface area contributed by atoms with Crippen LogP contribution in [0.1, 0.15) is 12.2 Å². The Morgan fingerprint density at radius 2 is 2.15 bits per heavy atom. The van der Waals surface area contributed by atoms with E-state index in [1.165, 1.54) is 0 Å². The summed E-state index contributed by atoms with van der Waals surface area (Å²) < 4.78 is 2.03. The van der Waals surface area contributed by atoms with Crippen LogP contribution in [0, 0.1) is 5.92 Å². The molecule has 0 fully saturated rings. The summed E-state index contributed by atoms with van der Waals surface area (Å²) in [6.07, 6.45) is 5.73. The summed E-state index contributed by atoms with van der Waals surface area (Å²) in [5, 5.41) is 0. The summed E-state index contributed by atoms with van der Waals surface area (Å²) >= 11 is 11.5. The van der Waals surface area contributed by atoms with Crippen molar-refractivity contribution in [3.05, 3.63) is 18.2 Å². The molecule has 0 radical (unpaired) electrons. The zero-order valence-corrected chi connectivity index (χ0v) is 9.22. The van der Waals surface area contributed by atoms with Crippen LogP contribution in [-0.4, -0.2) is 21.3 Å². The van der Waals surface area contributed by atoms with E-state index in [0.717, 1.165) is 18.7 Å².